The molecule has 0 bridgehead atoms. The van der Waals surface area contributed by atoms with E-state index in [9.17, 15) is 9.90 Å². The number of fused-ring (bicyclic) bond motifs is 1. The highest BCUT2D eigenvalue weighted by atomic mass is 16.5. The first-order chi connectivity index (χ1) is 17.0. The molecule has 2 saturated carbocycles. The number of ether oxygens (including phenoxy) is 1. The predicted octanol–water partition coefficient (Wildman–Crippen LogP) is 5.97. The van der Waals surface area contributed by atoms with Crippen LogP contribution >= 0.6 is 0 Å². The Morgan fingerprint density at radius 2 is 1.83 bits per heavy atom. The van der Waals surface area contributed by atoms with Gasteiger partial charge in [-0.2, -0.15) is 0 Å². The van der Waals surface area contributed by atoms with Crippen LogP contribution in [0, 0.1) is 5.92 Å². The van der Waals surface area contributed by atoms with Crippen LogP contribution in [0.15, 0.2) is 12.3 Å². The van der Waals surface area contributed by atoms with Crippen LogP contribution in [0.1, 0.15) is 121 Å². The summed E-state index contributed by atoms with van der Waals surface area (Å²) in [4.78, 5) is 16.9. The third kappa shape index (κ3) is 6.35. The Hall–Kier alpha value is -2.15. The smallest absolute Gasteiger partial charge is 0.308 e. The van der Waals surface area contributed by atoms with E-state index in [0.717, 1.165) is 63.3 Å². The van der Waals surface area contributed by atoms with Gasteiger partial charge >= 0.3 is 5.97 Å². The Bertz CT molecular complexity index is 959. The van der Waals surface area contributed by atoms with E-state index in [-0.39, 0.29) is 18.0 Å². The number of anilines is 1. The maximum absolute atomic E-state index is 12.2. The Balaban J connectivity index is 1.56. The molecule has 2 aliphatic rings. The average molecular weight is 485 g/mol. The molecular weight excluding hydrogens is 440 g/mol. The zero-order chi connectivity index (χ0) is 24.8. The van der Waals surface area contributed by atoms with E-state index in [1.807, 2.05) is 13.1 Å². The Morgan fingerprint density at radius 3 is 2.51 bits per heavy atom. The summed E-state index contributed by atoms with van der Waals surface area (Å²) >= 11 is 0. The predicted molar refractivity (Wildman–Crippen MR) is 139 cm³/mol. The summed E-state index contributed by atoms with van der Waals surface area (Å²) in [7, 11) is 0. The van der Waals surface area contributed by atoms with Crippen molar-refractivity contribution >= 4 is 17.4 Å². The van der Waals surface area contributed by atoms with Gasteiger partial charge in [0.2, 0.25) is 5.95 Å². The average Bonchev–Trinajstić information content (AvgIpc) is 3.24. The summed E-state index contributed by atoms with van der Waals surface area (Å²) in [5.41, 5.74) is 3.66. The number of carbonyl (C=O) groups excluding carboxylic acids is 1. The third-order valence-corrected chi connectivity index (χ3v) is 8.09. The van der Waals surface area contributed by atoms with E-state index in [0.29, 0.717) is 30.4 Å². The molecule has 0 unspecified atom stereocenters. The van der Waals surface area contributed by atoms with E-state index in [1.165, 1.54) is 30.5 Å². The normalized spacial score (nSPS) is 25.9. The Morgan fingerprint density at radius 1 is 1.11 bits per heavy atom. The van der Waals surface area contributed by atoms with E-state index in [1.54, 1.807) is 0 Å². The van der Waals surface area contributed by atoms with Crippen LogP contribution in [0.25, 0.3) is 5.52 Å². The lowest BCUT2D eigenvalue weighted by Crippen LogP contribution is -2.23. The third-order valence-electron chi connectivity index (χ3n) is 8.09. The first-order valence-corrected chi connectivity index (χ1v) is 14.0. The van der Waals surface area contributed by atoms with E-state index in [4.69, 9.17) is 14.8 Å². The Kier molecular flexibility index (Phi) is 9.04. The van der Waals surface area contributed by atoms with Crippen molar-refractivity contribution in [1.29, 1.82) is 0 Å². The number of aliphatic hydroxyl groups is 1. The van der Waals surface area contributed by atoms with Gasteiger partial charge in [0.1, 0.15) is 0 Å². The van der Waals surface area contributed by atoms with Crippen LogP contribution in [0.2, 0.25) is 0 Å². The summed E-state index contributed by atoms with van der Waals surface area (Å²) in [5, 5.41) is 18.5. The molecule has 0 aliphatic heterocycles. The molecule has 4 rings (SSSR count). The molecule has 0 radical (unpaired) electrons. The molecule has 7 nitrogen and oxygen atoms in total. The molecule has 0 spiro atoms. The summed E-state index contributed by atoms with van der Waals surface area (Å²) in [6.45, 7) is 6.76. The molecule has 35 heavy (non-hydrogen) atoms. The first kappa shape index (κ1) is 25.9. The number of aromatic nitrogens is 3. The standard InChI is InChI=1S/C28H44N4O3/c1-4-6-7-8-19(3)30-28-29-18-26-24(20-9-11-22(12-10-20)27(34)35-5-2)17-25(32(26)31-28)21-13-15-23(33)16-14-21/h17-23,33H,4-16H2,1-3H3,(H,30,31)/t19-,20?,21?,22?,23?/m0/s1. The minimum Gasteiger partial charge on any atom is -0.466 e. The number of carbonyl (C=O) groups is 1. The molecule has 0 saturated heterocycles. The molecule has 194 valence electrons. The molecule has 2 aromatic rings. The van der Waals surface area contributed by atoms with Gasteiger partial charge < -0.3 is 15.2 Å². The molecule has 2 heterocycles. The molecule has 0 amide bonds. The lowest BCUT2D eigenvalue weighted by Gasteiger charge is -2.27. The van der Waals surface area contributed by atoms with Crippen molar-refractivity contribution in [3.05, 3.63) is 23.5 Å². The monoisotopic (exact) mass is 484 g/mol. The fraction of sp³-hybridized carbons (Fsp3) is 0.750. The lowest BCUT2D eigenvalue weighted by molar-refractivity contribution is -0.149. The van der Waals surface area contributed by atoms with Crippen molar-refractivity contribution in [3.8, 4) is 0 Å². The van der Waals surface area contributed by atoms with Gasteiger partial charge in [-0.05, 0) is 89.2 Å². The lowest BCUT2D eigenvalue weighted by atomic mass is 9.78. The van der Waals surface area contributed by atoms with Crippen LogP contribution < -0.4 is 5.32 Å². The van der Waals surface area contributed by atoms with Gasteiger partial charge in [-0.25, -0.2) is 9.50 Å². The molecule has 2 aliphatic carbocycles. The number of nitrogens with one attached hydrogen (secondary N) is 1. The van der Waals surface area contributed by atoms with Gasteiger partial charge in [0.25, 0.3) is 0 Å². The van der Waals surface area contributed by atoms with Crippen molar-refractivity contribution in [2.75, 3.05) is 11.9 Å². The zero-order valence-corrected chi connectivity index (χ0v) is 21.8. The zero-order valence-electron chi connectivity index (χ0n) is 21.8. The minimum atomic E-state index is -0.175. The highest BCUT2D eigenvalue weighted by molar-refractivity contribution is 5.72. The van der Waals surface area contributed by atoms with Crippen LogP contribution in [-0.4, -0.2) is 44.4 Å². The molecule has 0 aromatic carbocycles. The highest BCUT2D eigenvalue weighted by Crippen LogP contribution is 2.41. The van der Waals surface area contributed by atoms with Gasteiger partial charge in [0.15, 0.2) is 0 Å². The molecular formula is C28H44N4O3. The van der Waals surface area contributed by atoms with Gasteiger partial charge in [0, 0.05) is 17.7 Å². The number of nitrogens with zero attached hydrogens (tertiary/aromatic N) is 3. The van der Waals surface area contributed by atoms with Crippen molar-refractivity contribution in [2.45, 2.75) is 122 Å². The van der Waals surface area contributed by atoms with Crippen molar-refractivity contribution in [2.24, 2.45) is 5.92 Å². The quantitative estimate of drug-likeness (QED) is 0.319. The second kappa shape index (κ2) is 12.2. The maximum Gasteiger partial charge on any atom is 0.308 e. The SMILES string of the molecule is CCCCC[C@H](C)Nc1ncc2c(C3CCC(C(=O)OCC)CC3)cc(C3CCC(O)CC3)n2n1. The van der Waals surface area contributed by atoms with Crippen LogP contribution in [-0.2, 0) is 9.53 Å². The van der Waals surface area contributed by atoms with Gasteiger partial charge in [-0.3, -0.25) is 4.79 Å². The van der Waals surface area contributed by atoms with Crippen molar-refractivity contribution in [1.82, 2.24) is 14.6 Å². The van der Waals surface area contributed by atoms with E-state index >= 15 is 0 Å². The molecule has 2 aromatic heterocycles. The fourth-order valence-corrected chi connectivity index (χ4v) is 5.99. The molecule has 2 N–H and O–H groups in total. The van der Waals surface area contributed by atoms with Crippen molar-refractivity contribution in [3.63, 3.8) is 0 Å². The van der Waals surface area contributed by atoms with Gasteiger partial charge in [-0.15, -0.1) is 5.10 Å². The first-order valence-electron chi connectivity index (χ1n) is 14.0. The summed E-state index contributed by atoms with van der Waals surface area (Å²) in [6.07, 6.45) is 14.0. The maximum atomic E-state index is 12.2. The van der Waals surface area contributed by atoms with E-state index in [2.05, 4.69) is 29.7 Å². The minimum absolute atomic E-state index is 0.0284. The van der Waals surface area contributed by atoms with E-state index < -0.39 is 0 Å². The number of aliphatic hydroxyl groups excluding tert-OH is 1. The number of hydrogen-bond acceptors (Lipinski definition) is 6. The number of unbranched alkanes of at least 4 members (excludes halogenated alkanes) is 2. The summed E-state index contributed by atoms with van der Waals surface area (Å²) < 4.78 is 7.40. The Labute approximate surface area is 210 Å². The van der Waals surface area contributed by atoms with Gasteiger partial charge in [-0.1, -0.05) is 26.2 Å². The fourth-order valence-electron chi connectivity index (χ4n) is 5.99. The second-order valence-electron chi connectivity index (χ2n) is 10.8. The number of esters is 1. The topological polar surface area (TPSA) is 88.8 Å². The van der Waals surface area contributed by atoms with Gasteiger partial charge in [0.05, 0.1) is 30.3 Å². The summed E-state index contributed by atoms with van der Waals surface area (Å²) in [5.74, 6) is 1.49. The highest BCUT2D eigenvalue weighted by Gasteiger charge is 2.31. The summed E-state index contributed by atoms with van der Waals surface area (Å²) in [6, 6.07) is 2.69. The molecule has 1 atom stereocenters. The van der Waals surface area contributed by atoms with Crippen LogP contribution in [0.4, 0.5) is 5.95 Å². The largest absolute Gasteiger partial charge is 0.466 e. The second-order valence-corrected chi connectivity index (χ2v) is 10.8. The molecule has 2 fully saturated rings. The van der Waals surface area contributed by atoms with Crippen LogP contribution in [0.5, 0.6) is 0 Å². The molecule has 7 heteroatoms. The van der Waals surface area contributed by atoms with Crippen LogP contribution in [0.3, 0.4) is 0 Å². The number of rotatable bonds is 10. The van der Waals surface area contributed by atoms with Crippen molar-refractivity contribution < 1.29 is 14.6 Å². The number of hydrogen-bond donors (Lipinski definition) is 2.